The summed E-state index contributed by atoms with van der Waals surface area (Å²) < 4.78 is 42.2. The highest BCUT2D eigenvalue weighted by Crippen LogP contribution is 2.29. The zero-order valence-corrected chi connectivity index (χ0v) is 15.2. The number of aliphatic imine (C=N–C) groups is 1. The molecule has 5 nitrogen and oxygen atoms in total. The molecule has 0 saturated heterocycles. The Labute approximate surface area is 152 Å². The average Bonchev–Trinajstić information content (AvgIpc) is 2.61. The summed E-state index contributed by atoms with van der Waals surface area (Å²) in [5.74, 6) is 0.407. The lowest BCUT2D eigenvalue weighted by Gasteiger charge is -2.11. The largest absolute Gasteiger partial charge is 0.469 e. The van der Waals surface area contributed by atoms with E-state index in [-0.39, 0.29) is 12.5 Å². The number of benzene rings is 1. The van der Waals surface area contributed by atoms with Crippen molar-refractivity contribution in [2.75, 3.05) is 20.2 Å². The Hall–Kier alpha value is -2.25. The number of unbranched alkanes of at least 4 members (excludes halogenated alkanes) is 2. The second-order valence-electron chi connectivity index (χ2n) is 5.70. The molecular weight excluding hydrogens is 347 g/mol. The number of halogens is 3. The fraction of sp³-hybridized carbons (Fsp3) is 0.556. The number of alkyl halides is 3. The quantitative estimate of drug-likeness (QED) is 0.301. The van der Waals surface area contributed by atoms with Gasteiger partial charge in [-0.3, -0.25) is 4.79 Å². The number of carbonyl (C=O) groups is 1. The van der Waals surface area contributed by atoms with Crippen LogP contribution in [-0.4, -0.2) is 32.1 Å². The monoisotopic (exact) mass is 373 g/mol. The van der Waals surface area contributed by atoms with E-state index in [4.69, 9.17) is 0 Å². The van der Waals surface area contributed by atoms with Gasteiger partial charge in [-0.1, -0.05) is 18.6 Å². The average molecular weight is 373 g/mol. The molecule has 0 aliphatic rings. The molecule has 0 bridgehead atoms. The van der Waals surface area contributed by atoms with Gasteiger partial charge in [0.05, 0.1) is 19.2 Å². The van der Waals surface area contributed by atoms with E-state index < -0.39 is 11.7 Å². The molecule has 146 valence electrons. The van der Waals surface area contributed by atoms with Crippen molar-refractivity contribution in [3.8, 4) is 0 Å². The Morgan fingerprint density at radius 3 is 2.38 bits per heavy atom. The first kappa shape index (κ1) is 21.8. The van der Waals surface area contributed by atoms with Crippen molar-refractivity contribution >= 4 is 11.9 Å². The van der Waals surface area contributed by atoms with Crippen LogP contribution in [0.2, 0.25) is 0 Å². The van der Waals surface area contributed by atoms with Crippen molar-refractivity contribution in [2.45, 2.75) is 45.3 Å². The van der Waals surface area contributed by atoms with Gasteiger partial charge in [0.1, 0.15) is 0 Å². The van der Waals surface area contributed by atoms with E-state index in [2.05, 4.69) is 20.4 Å². The standard InChI is InChI=1S/C18H26F3N3O2/c1-3-22-17(23-12-6-4-5-7-16(25)26-2)24-13-14-8-10-15(11-9-14)18(19,20)21/h8-11H,3-7,12-13H2,1-2H3,(H2,22,23,24). The number of rotatable bonds is 9. The summed E-state index contributed by atoms with van der Waals surface area (Å²) in [7, 11) is 1.37. The Morgan fingerprint density at radius 2 is 1.81 bits per heavy atom. The maximum atomic E-state index is 12.6. The number of guanidine groups is 1. The van der Waals surface area contributed by atoms with E-state index in [1.165, 1.54) is 19.2 Å². The molecule has 0 aliphatic carbocycles. The lowest BCUT2D eigenvalue weighted by Crippen LogP contribution is -2.37. The number of nitrogens with zero attached hydrogens (tertiary/aromatic N) is 1. The molecule has 0 saturated carbocycles. The van der Waals surface area contributed by atoms with Crippen LogP contribution in [0.3, 0.4) is 0 Å². The van der Waals surface area contributed by atoms with Crippen molar-refractivity contribution in [2.24, 2.45) is 4.99 Å². The van der Waals surface area contributed by atoms with Crippen LogP contribution < -0.4 is 10.6 Å². The van der Waals surface area contributed by atoms with Gasteiger partial charge in [0.25, 0.3) is 0 Å². The van der Waals surface area contributed by atoms with Crippen LogP contribution >= 0.6 is 0 Å². The molecule has 1 rings (SSSR count). The highest BCUT2D eigenvalue weighted by molar-refractivity contribution is 5.79. The van der Waals surface area contributed by atoms with Crippen LogP contribution in [0, 0.1) is 0 Å². The highest BCUT2D eigenvalue weighted by atomic mass is 19.4. The number of nitrogens with one attached hydrogen (secondary N) is 2. The minimum absolute atomic E-state index is 0.204. The molecule has 0 amide bonds. The molecule has 0 aromatic heterocycles. The van der Waals surface area contributed by atoms with Crippen molar-refractivity contribution in [3.05, 3.63) is 35.4 Å². The first-order valence-corrected chi connectivity index (χ1v) is 8.62. The zero-order valence-electron chi connectivity index (χ0n) is 15.2. The molecule has 0 heterocycles. The number of hydrogen-bond donors (Lipinski definition) is 2. The van der Waals surface area contributed by atoms with Crippen LogP contribution in [0.25, 0.3) is 0 Å². The van der Waals surface area contributed by atoms with Gasteiger partial charge in [-0.15, -0.1) is 0 Å². The maximum Gasteiger partial charge on any atom is 0.416 e. The highest BCUT2D eigenvalue weighted by Gasteiger charge is 2.29. The third-order valence-corrected chi connectivity index (χ3v) is 3.62. The molecule has 0 aliphatic heterocycles. The fourth-order valence-electron chi connectivity index (χ4n) is 2.19. The number of esters is 1. The van der Waals surface area contributed by atoms with Crippen LogP contribution in [-0.2, 0) is 22.3 Å². The molecule has 26 heavy (non-hydrogen) atoms. The van der Waals surface area contributed by atoms with E-state index in [9.17, 15) is 18.0 Å². The molecule has 2 N–H and O–H groups in total. The second-order valence-corrected chi connectivity index (χ2v) is 5.70. The Morgan fingerprint density at radius 1 is 1.12 bits per heavy atom. The fourth-order valence-corrected chi connectivity index (χ4v) is 2.19. The van der Waals surface area contributed by atoms with Crippen LogP contribution in [0.1, 0.15) is 43.7 Å². The number of ether oxygens (including phenoxy) is 1. The van der Waals surface area contributed by atoms with Gasteiger partial charge in [0, 0.05) is 19.5 Å². The van der Waals surface area contributed by atoms with Gasteiger partial charge in [-0.05, 0) is 37.5 Å². The van der Waals surface area contributed by atoms with Crippen molar-refractivity contribution in [3.63, 3.8) is 0 Å². The SMILES string of the molecule is CCNC(=NCc1ccc(C(F)(F)F)cc1)NCCCCCC(=O)OC. The van der Waals surface area contributed by atoms with Crippen molar-refractivity contribution < 1.29 is 22.7 Å². The molecular formula is C18H26F3N3O2. The van der Waals surface area contributed by atoms with Crippen molar-refractivity contribution in [1.82, 2.24) is 10.6 Å². The van der Waals surface area contributed by atoms with E-state index in [1.54, 1.807) is 0 Å². The van der Waals surface area contributed by atoms with Gasteiger partial charge in [0.2, 0.25) is 0 Å². The van der Waals surface area contributed by atoms with Gasteiger partial charge < -0.3 is 15.4 Å². The van der Waals surface area contributed by atoms with Gasteiger partial charge >= 0.3 is 12.1 Å². The van der Waals surface area contributed by atoms with Crippen LogP contribution in [0.15, 0.2) is 29.3 Å². The van der Waals surface area contributed by atoms with Gasteiger partial charge in [0.15, 0.2) is 5.96 Å². The summed E-state index contributed by atoms with van der Waals surface area (Å²) in [6, 6.07) is 4.99. The van der Waals surface area contributed by atoms with Gasteiger partial charge in [-0.2, -0.15) is 13.2 Å². The Kier molecular flexibility index (Phi) is 9.54. The van der Waals surface area contributed by atoms with Gasteiger partial charge in [-0.25, -0.2) is 4.99 Å². The second kappa shape index (κ2) is 11.4. The first-order chi connectivity index (χ1) is 12.4. The third kappa shape index (κ3) is 8.73. The number of carbonyl (C=O) groups excluding carboxylic acids is 1. The molecule has 0 spiro atoms. The third-order valence-electron chi connectivity index (χ3n) is 3.62. The lowest BCUT2D eigenvalue weighted by atomic mass is 10.1. The lowest BCUT2D eigenvalue weighted by molar-refractivity contribution is -0.140. The van der Waals surface area contributed by atoms with Crippen LogP contribution in [0.4, 0.5) is 13.2 Å². The normalized spacial score (nSPS) is 12.0. The number of methoxy groups -OCH3 is 1. The molecule has 0 unspecified atom stereocenters. The Balaban J connectivity index is 2.42. The molecule has 0 atom stereocenters. The minimum atomic E-state index is -4.33. The first-order valence-electron chi connectivity index (χ1n) is 8.62. The topological polar surface area (TPSA) is 62.7 Å². The predicted molar refractivity (Wildman–Crippen MR) is 94.7 cm³/mol. The molecule has 1 aromatic carbocycles. The maximum absolute atomic E-state index is 12.6. The summed E-state index contributed by atoms with van der Waals surface area (Å²) >= 11 is 0. The zero-order chi connectivity index (χ0) is 19.4. The molecule has 8 heteroatoms. The molecule has 1 aromatic rings. The minimum Gasteiger partial charge on any atom is -0.469 e. The van der Waals surface area contributed by atoms with E-state index in [1.807, 2.05) is 6.92 Å². The van der Waals surface area contributed by atoms with E-state index >= 15 is 0 Å². The van der Waals surface area contributed by atoms with E-state index in [0.29, 0.717) is 31.0 Å². The summed E-state index contributed by atoms with van der Waals surface area (Å²) in [4.78, 5) is 15.4. The summed E-state index contributed by atoms with van der Waals surface area (Å²) in [6.07, 6.45) is -1.37. The Bertz CT molecular complexity index is 572. The van der Waals surface area contributed by atoms with E-state index in [0.717, 1.165) is 31.4 Å². The predicted octanol–water partition coefficient (Wildman–Crippen LogP) is 3.49. The molecule has 0 radical (unpaired) electrons. The molecule has 0 fully saturated rings. The summed E-state index contributed by atoms with van der Waals surface area (Å²) in [6.45, 7) is 3.60. The number of hydrogen-bond acceptors (Lipinski definition) is 3. The smallest absolute Gasteiger partial charge is 0.416 e. The summed E-state index contributed by atoms with van der Waals surface area (Å²) in [5.41, 5.74) is 0.0375. The van der Waals surface area contributed by atoms with Crippen LogP contribution in [0.5, 0.6) is 0 Å². The van der Waals surface area contributed by atoms with Crippen molar-refractivity contribution in [1.29, 1.82) is 0 Å². The summed E-state index contributed by atoms with van der Waals surface area (Å²) in [5, 5.41) is 6.26.